The molecule has 3 aromatic carbocycles. The van der Waals surface area contributed by atoms with Gasteiger partial charge in [-0.15, -0.1) is 0 Å². The van der Waals surface area contributed by atoms with Crippen LogP contribution in [0, 0.1) is 0 Å². The van der Waals surface area contributed by atoms with E-state index < -0.39 is 0 Å². The van der Waals surface area contributed by atoms with Gasteiger partial charge in [0.05, 0.1) is 34.8 Å². The van der Waals surface area contributed by atoms with Crippen LogP contribution in [0.1, 0.15) is 0 Å². The van der Waals surface area contributed by atoms with E-state index in [1.54, 1.807) is 0 Å². The van der Waals surface area contributed by atoms with E-state index in [9.17, 15) is 0 Å². The lowest BCUT2D eigenvalue weighted by Gasteiger charge is -2.11. The molecule has 0 aliphatic carbocycles. The fourth-order valence-corrected chi connectivity index (χ4v) is 4.73. The molecule has 6 rings (SSSR count). The van der Waals surface area contributed by atoms with Crippen molar-refractivity contribution >= 4 is 72.5 Å². The van der Waals surface area contributed by atoms with E-state index in [0.717, 1.165) is 72.5 Å². The van der Waals surface area contributed by atoms with E-state index in [1.165, 1.54) is 0 Å². The van der Waals surface area contributed by atoms with Gasteiger partial charge in [0, 0.05) is 15.6 Å². The van der Waals surface area contributed by atoms with Crippen LogP contribution in [0.25, 0.3) is 55.6 Å². The molecule has 0 fully saturated rings. The van der Waals surface area contributed by atoms with Gasteiger partial charge in [-0.2, -0.15) is 17.5 Å². The van der Waals surface area contributed by atoms with E-state index in [0.29, 0.717) is 11.0 Å². The molecule has 0 atom stereocenters. The van der Waals surface area contributed by atoms with Crippen LogP contribution in [0.2, 0.25) is 0 Å². The molecule has 0 aliphatic rings. The number of fused-ring (bicyclic) bond motifs is 6. The molecule has 0 spiro atoms. The lowest BCUT2D eigenvalue weighted by Crippen LogP contribution is -1.97. The van der Waals surface area contributed by atoms with Gasteiger partial charge in [0.2, 0.25) is 0 Å². The smallest absolute Gasteiger partial charge is 0.136 e. The quantitative estimate of drug-likeness (QED) is 0.317. The van der Waals surface area contributed by atoms with Crippen molar-refractivity contribution in [3.05, 3.63) is 59.1 Å². The molecule has 0 saturated carbocycles. The highest BCUT2D eigenvalue weighted by Crippen LogP contribution is 2.36. The first-order valence-corrected chi connectivity index (χ1v) is 10.9. The molecule has 0 radical (unpaired) electrons. The van der Waals surface area contributed by atoms with Crippen LogP contribution in [0.4, 0.5) is 0 Å². The van der Waals surface area contributed by atoms with Crippen molar-refractivity contribution < 1.29 is 0 Å². The second-order valence-corrected chi connectivity index (χ2v) is 8.39. The van der Waals surface area contributed by atoms with Gasteiger partial charge in [-0.25, -0.2) is 9.97 Å². The number of rotatable bonds is 2. The lowest BCUT2D eigenvalue weighted by atomic mass is 10.0. The molecule has 3 heterocycles. The summed E-state index contributed by atoms with van der Waals surface area (Å²) in [7, 11) is 0. The maximum Gasteiger partial charge on any atom is 0.136 e. The van der Waals surface area contributed by atoms with Gasteiger partial charge in [0.1, 0.15) is 33.1 Å². The average molecular weight is 477 g/mol. The van der Waals surface area contributed by atoms with Crippen molar-refractivity contribution in [1.29, 1.82) is 0 Å². The molecule has 0 aliphatic heterocycles. The maximum atomic E-state index is 5.04. The van der Waals surface area contributed by atoms with Crippen molar-refractivity contribution in [1.82, 2.24) is 27.5 Å². The first-order valence-electron chi connectivity index (χ1n) is 8.69. The summed E-state index contributed by atoms with van der Waals surface area (Å²) in [5.74, 6) is 0. The Morgan fingerprint density at radius 3 is 1.48 bits per heavy atom. The molecule has 0 N–H and O–H groups in total. The Labute approximate surface area is 181 Å². The van der Waals surface area contributed by atoms with Crippen LogP contribution in [0.5, 0.6) is 0 Å². The van der Waals surface area contributed by atoms with Crippen LogP contribution in [0.3, 0.4) is 0 Å². The average Bonchev–Trinajstić information content (AvgIpc) is 3.44. The van der Waals surface area contributed by atoms with E-state index in [4.69, 9.17) is 9.97 Å². The zero-order chi connectivity index (χ0) is 19.4. The monoisotopic (exact) mass is 476 g/mol. The Hall–Kier alpha value is -2.88. The van der Waals surface area contributed by atoms with Crippen LogP contribution in [0.15, 0.2) is 59.1 Å². The summed E-state index contributed by atoms with van der Waals surface area (Å²) in [4.78, 5) is 10.1. The minimum Gasteiger partial charge on any atom is -0.241 e. The van der Waals surface area contributed by atoms with Gasteiger partial charge in [-0.3, -0.25) is 0 Å². The van der Waals surface area contributed by atoms with E-state index in [2.05, 4.69) is 33.4 Å². The van der Waals surface area contributed by atoms with Crippen LogP contribution in [-0.2, 0) is 0 Å². The van der Waals surface area contributed by atoms with Gasteiger partial charge in [-0.05, 0) is 12.1 Å². The number of benzene rings is 3. The summed E-state index contributed by atoms with van der Waals surface area (Å²) in [6.07, 6.45) is 0. The molecule has 9 heteroatoms. The molecule has 3 aromatic heterocycles. The van der Waals surface area contributed by atoms with Gasteiger partial charge in [0.25, 0.3) is 0 Å². The van der Waals surface area contributed by atoms with E-state index in [1.807, 2.05) is 54.6 Å². The molecule has 29 heavy (non-hydrogen) atoms. The Morgan fingerprint density at radius 2 is 0.966 bits per heavy atom. The summed E-state index contributed by atoms with van der Waals surface area (Å²) in [5, 5.41) is 0. The lowest BCUT2D eigenvalue weighted by molar-refractivity contribution is 1.30. The number of hydrogen-bond acceptors (Lipinski definition) is 8. The van der Waals surface area contributed by atoms with Crippen LogP contribution < -0.4 is 0 Å². The maximum absolute atomic E-state index is 5.04. The first kappa shape index (κ1) is 17.0. The topological polar surface area (TPSA) is 77.3 Å². The second-order valence-electron chi connectivity index (χ2n) is 6.41. The predicted molar refractivity (Wildman–Crippen MR) is 120 cm³/mol. The Morgan fingerprint density at radius 1 is 0.517 bits per heavy atom. The molecule has 6 nitrogen and oxygen atoms in total. The Bertz CT molecular complexity index is 1510. The molecule has 0 bridgehead atoms. The highest BCUT2D eigenvalue weighted by atomic mass is 79.9. The van der Waals surface area contributed by atoms with Crippen molar-refractivity contribution in [3.8, 4) is 22.5 Å². The fourth-order valence-electron chi connectivity index (χ4n) is 3.37. The molecule has 138 valence electrons. The first-order chi connectivity index (χ1) is 14.3. The standard InChI is InChI=1S/C20H9BrN6S2/c21-12-8-6-11(7-9-12)14-13(10-4-2-1-3-5-10)22-15-16(23-14)18-20(27-29-25-18)19-17(15)24-28-26-19/h1-9H. The normalized spacial score (nSPS) is 11.6. The van der Waals surface area contributed by atoms with E-state index in [-0.39, 0.29) is 0 Å². The molecule has 0 unspecified atom stereocenters. The SMILES string of the molecule is Brc1ccc(-c2nc3c4nsnc4c4nsnc4c3nc2-c2ccccc2)cc1. The van der Waals surface area contributed by atoms with Gasteiger partial charge >= 0.3 is 0 Å². The highest BCUT2D eigenvalue weighted by Gasteiger charge is 2.21. The third-order valence-corrected chi connectivity index (χ3v) is 6.30. The Kier molecular flexibility index (Phi) is 3.86. The fraction of sp³-hybridized carbons (Fsp3) is 0. The number of hydrogen-bond donors (Lipinski definition) is 0. The number of halogens is 1. The van der Waals surface area contributed by atoms with Crippen molar-refractivity contribution in [3.63, 3.8) is 0 Å². The largest absolute Gasteiger partial charge is 0.241 e. The zero-order valence-electron chi connectivity index (χ0n) is 14.6. The van der Waals surface area contributed by atoms with Gasteiger partial charge in [-0.1, -0.05) is 58.4 Å². The number of aromatic nitrogens is 6. The molecule has 6 aromatic rings. The summed E-state index contributed by atoms with van der Waals surface area (Å²) in [6, 6.07) is 18.1. The summed E-state index contributed by atoms with van der Waals surface area (Å²) in [5.41, 5.74) is 7.88. The van der Waals surface area contributed by atoms with Gasteiger partial charge in [0.15, 0.2) is 0 Å². The minimum absolute atomic E-state index is 0.701. The second kappa shape index (κ2) is 6.58. The summed E-state index contributed by atoms with van der Waals surface area (Å²) >= 11 is 5.81. The van der Waals surface area contributed by atoms with Crippen molar-refractivity contribution in [2.45, 2.75) is 0 Å². The van der Waals surface area contributed by atoms with Crippen LogP contribution in [-0.4, -0.2) is 27.5 Å². The predicted octanol–water partition coefficient (Wildman–Crippen LogP) is 5.74. The van der Waals surface area contributed by atoms with Crippen molar-refractivity contribution in [2.75, 3.05) is 0 Å². The molecular formula is C20H9BrN6S2. The zero-order valence-corrected chi connectivity index (χ0v) is 17.8. The minimum atomic E-state index is 0.701. The van der Waals surface area contributed by atoms with Crippen LogP contribution >= 0.6 is 39.4 Å². The molecule has 0 amide bonds. The summed E-state index contributed by atoms with van der Waals surface area (Å²) in [6.45, 7) is 0. The van der Waals surface area contributed by atoms with Crippen molar-refractivity contribution in [2.24, 2.45) is 0 Å². The van der Waals surface area contributed by atoms with Gasteiger partial charge < -0.3 is 0 Å². The third-order valence-electron chi connectivity index (χ3n) is 4.71. The molecule has 0 saturated heterocycles. The summed E-state index contributed by atoms with van der Waals surface area (Å²) < 4.78 is 18.8. The van der Waals surface area contributed by atoms with E-state index >= 15 is 0 Å². The third kappa shape index (κ3) is 2.65. The number of nitrogens with zero attached hydrogens (tertiary/aromatic N) is 6. The Balaban J connectivity index is 1.79. The highest BCUT2D eigenvalue weighted by molar-refractivity contribution is 9.10. The molecular weight excluding hydrogens is 468 g/mol.